The summed E-state index contributed by atoms with van der Waals surface area (Å²) in [4.78, 5) is 15.0. The SMILES string of the molecule is c1cncc(-c2ccccc2-c2cc(-c3ccc4ccc5cccc6ccc3c4c56)nc(-c3ccc(-c4ccc5ccccc5c4)cc3)n2)c1. The minimum absolute atomic E-state index is 0.689. The van der Waals surface area contributed by atoms with Gasteiger partial charge in [0, 0.05) is 34.6 Å². The Balaban J connectivity index is 1.17. The van der Waals surface area contributed by atoms with Crippen LogP contribution in [0.5, 0.6) is 0 Å². The monoisotopic (exact) mass is 635 g/mol. The van der Waals surface area contributed by atoms with Gasteiger partial charge in [0.1, 0.15) is 0 Å². The van der Waals surface area contributed by atoms with E-state index in [4.69, 9.17) is 9.97 Å². The van der Waals surface area contributed by atoms with Crippen LogP contribution in [0.15, 0.2) is 176 Å². The molecular weight excluding hydrogens is 607 g/mol. The molecule has 0 bridgehead atoms. The van der Waals surface area contributed by atoms with Gasteiger partial charge in [-0.25, -0.2) is 9.97 Å². The van der Waals surface area contributed by atoms with Gasteiger partial charge in [0.05, 0.1) is 11.4 Å². The van der Waals surface area contributed by atoms with Crippen LogP contribution in [0, 0.1) is 0 Å². The maximum Gasteiger partial charge on any atom is 0.160 e. The molecule has 3 nitrogen and oxygen atoms in total. The van der Waals surface area contributed by atoms with Gasteiger partial charge in [-0.05, 0) is 78.0 Å². The van der Waals surface area contributed by atoms with Crippen molar-refractivity contribution in [1.82, 2.24) is 15.0 Å². The summed E-state index contributed by atoms with van der Waals surface area (Å²) in [5, 5.41) is 9.96. The van der Waals surface area contributed by atoms with E-state index in [2.05, 4.69) is 163 Å². The Kier molecular flexibility index (Phi) is 6.49. The third-order valence-electron chi connectivity index (χ3n) is 9.93. The van der Waals surface area contributed by atoms with Crippen LogP contribution in [-0.4, -0.2) is 15.0 Å². The molecule has 0 N–H and O–H groups in total. The fourth-order valence-corrected chi connectivity index (χ4v) is 7.47. The first-order valence-electron chi connectivity index (χ1n) is 16.9. The lowest BCUT2D eigenvalue weighted by Gasteiger charge is -2.16. The maximum atomic E-state index is 5.30. The van der Waals surface area contributed by atoms with Gasteiger partial charge in [-0.2, -0.15) is 0 Å². The summed E-state index contributed by atoms with van der Waals surface area (Å²) in [5.74, 6) is 0.689. The van der Waals surface area contributed by atoms with E-state index in [0.717, 1.165) is 44.8 Å². The molecule has 0 saturated heterocycles. The van der Waals surface area contributed by atoms with Crippen LogP contribution >= 0.6 is 0 Å². The molecule has 10 aromatic rings. The molecule has 8 aromatic carbocycles. The number of nitrogens with zero attached hydrogens (tertiary/aromatic N) is 3. The number of fused-ring (bicyclic) bond motifs is 1. The molecule has 2 heterocycles. The van der Waals surface area contributed by atoms with Gasteiger partial charge in [-0.1, -0.05) is 146 Å². The summed E-state index contributed by atoms with van der Waals surface area (Å²) in [6.45, 7) is 0. The van der Waals surface area contributed by atoms with Crippen molar-refractivity contribution in [3.8, 4) is 56.2 Å². The van der Waals surface area contributed by atoms with E-state index in [9.17, 15) is 0 Å². The van der Waals surface area contributed by atoms with Gasteiger partial charge < -0.3 is 0 Å². The molecule has 2 aromatic heterocycles. The molecule has 0 atom stereocenters. The molecule has 50 heavy (non-hydrogen) atoms. The molecule has 0 unspecified atom stereocenters. The van der Waals surface area contributed by atoms with E-state index in [0.29, 0.717) is 5.82 Å². The Morgan fingerprint density at radius 3 is 1.76 bits per heavy atom. The summed E-state index contributed by atoms with van der Waals surface area (Å²) < 4.78 is 0. The first-order valence-corrected chi connectivity index (χ1v) is 16.9. The number of hydrogen-bond acceptors (Lipinski definition) is 3. The highest BCUT2D eigenvalue weighted by atomic mass is 14.9. The first kappa shape index (κ1) is 28.3. The van der Waals surface area contributed by atoms with Crippen molar-refractivity contribution in [2.24, 2.45) is 0 Å². The topological polar surface area (TPSA) is 38.7 Å². The predicted octanol–water partition coefficient (Wildman–Crippen LogP) is 12.3. The van der Waals surface area contributed by atoms with Crippen LogP contribution < -0.4 is 0 Å². The van der Waals surface area contributed by atoms with Crippen LogP contribution in [0.1, 0.15) is 0 Å². The molecule has 0 fully saturated rings. The van der Waals surface area contributed by atoms with Crippen LogP contribution in [0.3, 0.4) is 0 Å². The average Bonchev–Trinajstić information content (AvgIpc) is 3.20. The minimum atomic E-state index is 0.689. The van der Waals surface area contributed by atoms with Gasteiger partial charge in [0.25, 0.3) is 0 Å². The van der Waals surface area contributed by atoms with Crippen molar-refractivity contribution in [2.45, 2.75) is 0 Å². The Morgan fingerprint density at radius 1 is 0.340 bits per heavy atom. The Hall–Kier alpha value is -6.71. The third-order valence-corrected chi connectivity index (χ3v) is 9.93. The van der Waals surface area contributed by atoms with Crippen LogP contribution in [0.2, 0.25) is 0 Å². The smallest absolute Gasteiger partial charge is 0.160 e. The van der Waals surface area contributed by atoms with Crippen molar-refractivity contribution in [3.05, 3.63) is 176 Å². The highest BCUT2D eigenvalue weighted by molar-refractivity contribution is 6.25. The Bertz CT molecular complexity index is 2840. The summed E-state index contributed by atoms with van der Waals surface area (Å²) in [5.41, 5.74) is 9.33. The van der Waals surface area contributed by atoms with Crippen LogP contribution in [0.4, 0.5) is 0 Å². The van der Waals surface area contributed by atoms with Crippen molar-refractivity contribution in [1.29, 1.82) is 0 Å². The molecule has 0 aliphatic heterocycles. The lowest BCUT2D eigenvalue weighted by Crippen LogP contribution is -1.98. The lowest BCUT2D eigenvalue weighted by molar-refractivity contribution is 1.18. The summed E-state index contributed by atoms with van der Waals surface area (Å²) in [6.07, 6.45) is 3.72. The third kappa shape index (κ3) is 4.71. The van der Waals surface area contributed by atoms with Gasteiger partial charge in [0.2, 0.25) is 0 Å². The second kappa shape index (κ2) is 11.5. The number of aromatic nitrogens is 3. The number of hydrogen-bond donors (Lipinski definition) is 0. The van der Waals surface area contributed by atoms with Gasteiger partial charge in [-0.3, -0.25) is 4.98 Å². The van der Waals surface area contributed by atoms with E-state index in [1.165, 1.54) is 48.7 Å². The van der Waals surface area contributed by atoms with Crippen molar-refractivity contribution in [2.75, 3.05) is 0 Å². The maximum absolute atomic E-state index is 5.30. The minimum Gasteiger partial charge on any atom is -0.264 e. The molecule has 0 radical (unpaired) electrons. The van der Waals surface area contributed by atoms with Crippen LogP contribution in [0.25, 0.3) is 99.2 Å². The van der Waals surface area contributed by atoms with E-state index in [1.54, 1.807) is 0 Å². The number of rotatable bonds is 5. The van der Waals surface area contributed by atoms with Gasteiger partial charge in [-0.15, -0.1) is 0 Å². The normalized spacial score (nSPS) is 11.6. The Labute approximate surface area is 289 Å². The van der Waals surface area contributed by atoms with E-state index in [1.807, 2.05) is 18.5 Å². The average molecular weight is 636 g/mol. The number of pyridine rings is 1. The Morgan fingerprint density at radius 2 is 0.960 bits per heavy atom. The summed E-state index contributed by atoms with van der Waals surface area (Å²) in [6, 6.07) is 58.3. The van der Waals surface area contributed by atoms with Crippen molar-refractivity contribution >= 4 is 43.1 Å². The molecule has 0 aliphatic carbocycles. The molecule has 0 amide bonds. The van der Waals surface area contributed by atoms with Gasteiger partial charge >= 0.3 is 0 Å². The molecule has 0 aliphatic rings. The highest BCUT2D eigenvalue weighted by Gasteiger charge is 2.17. The van der Waals surface area contributed by atoms with E-state index < -0.39 is 0 Å². The predicted molar refractivity (Wildman–Crippen MR) is 208 cm³/mol. The highest BCUT2D eigenvalue weighted by Crippen LogP contribution is 2.41. The fraction of sp³-hybridized carbons (Fsp3) is 0. The molecular formula is C47H29N3. The first-order chi connectivity index (χ1) is 24.8. The van der Waals surface area contributed by atoms with Gasteiger partial charge in [0.15, 0.2) is 5.82 Å². The second-order valence-corrected chi connectivity index (χ2v) is 12.9. The second-order valence-electron chi connectivity index (χ2n) is 12.9. The van der Waals surface area contributed by atoms with Crippen molar-refractivity contribution < 1.29 is 0 Å². The zero-order chi connectivity index (χ0) is 33.0. The molecule has 3 heteroatoms. The number of benzene rings is 8. The molecule has 0 spiro atoms. The molecule has 10 rings (SSSR count). The zero-order valence-electron chi connectivity index (χ0n) is 27.1. The lowest BCUT2D eigenvalue weighted by atomic mass is 9.90. The van der Waals surface area contributed by atoms with Crippen LogP contribution in [-0.2, 0) is 0 Å². The standard InChI is InChI=1S/C47H29N3/c1-2-8-36-27-37(21-16-30(36)7-1)31-14-19-35(20-15-31)47-49-43(40-13-4-3-12-39(40)38-11-6-26-48-29-38)28-44(50-47)41-24-22-34-18-17-32-9-5-10-33-23-25-42(41)46(34)45(32)33/h1-29H. The molecule has 0 saturated carbocycles. The summed E-state index contributed by atoms with van der Waals surface area (Å²) in [7, 11) is 0. The fourth-order valence-electron chi connectivity index (χ4n) is 7.47. The molecule has 232 valence electrons. The largest absolute Gasteiger partial charge is 0.264 e. The van der Waals surface area contributed by atoms with E-state index in [-0.39, 0.29) is 0 Å². The zero-order valence-corrected chi connectivity index (χ0v) is 27.1. The summed E-state index contributed by atoms with van der Waals surface area (Å²) >= 11 is 0. The van der Waals surface area contributed by atoms with Crippen molar-refractivity contribution in [3.63, 3.8) is 0 Å². The van der Waals surface area contributed by atoms with E-state index >= 15 is 0 Å². The quantitative estimate of drug-likeness (QED) is 0.177.